The van der Waals surface area contributed by atoms with Crippen LogP contribution in [0.5, 0.6) is 0 Å². The molecule has 0 bridgehead atoms. The molecule has 2 heterocycles. The van der Waals surface area contributed by atoms with E-state index in [1.165, 1.54) is 12.1 Å². The molecular formula is C41H36N6O6. The first-order valence-corrected chi connectivity index (χ1v) is 16.8. The van der Waals surface area contributed by atoms with Gasteiger partial charge in [-0.15, -0.1) is 0 Å². The molecule has 0 saturated carbocycles. The third-order valence-corrected chi connectivity index (χ3v) is 8.95. The molecule has 6 aromatic rings. The zero-order valence-electron chi connectivity index (χ0n) is 28.4. The molecule has 0 fully saturated rings. The number of nitrogens with one attached hydrogen (secondary N) is 4. The van der Waals surface area contributed by atoms with E-state index in [0.717, 1.165) is 33.8 Å². The molecule has 0 aliphatic rings. The number of rotatable bonds is 14. The van der Waals surface area contributed by atoms with Crippen molar-refractivity contribution in [3.05, 3.63) is 173 Å². The van der Waals surface area contributed by atoms with E-state index >= 15 is 0 Å². The first-order chi connectivity index (χ1) is 25.7. The van der Waals surface area contributed by atoms with Crippen LogP contribution in [0.4, 0.5) is 0 Å². The summed E-state index contributed by atoms with van der Waals surface area (Å²) in [5, 5.41) is 19.4. The topological polar surface area (TPSA) is 196 Å². The number of H-pyrrole nitrogens is 1. The number of carbonyl (C=O) groups excluding carboxylic acids is 4. The summed E-state index contributed by atoms with van der Waals surface area (Å²) in [5.74, 6) is -4.39. The number of aromatic nitrogens is 2. The van der Waals surface area contributed by atoms with Crippen molar-refractivity contribution >= 4 is 40.5 Å². The van der Waals surface area contributed by atoms with Gasteiger partial charge in [0, 0.05) is 29.7 Å². The number of primary amides is 1. The van der Waals surface area contributed by atoms with Crippen LogP contribution < -0.4 is 21.7 Å². The lowest BCUT2D eigenvalue weighted by Crippen LogP contribution is -2.54. The molecular weight excluding hydrogens is 672 g/mol. The smallest absolute Gasteiger partial charge is 0.326 e. The van der Waals surface area contributed by atoms with Crippen molar-refractivity contribution in [1.29, 1.82) is 0 Å². The molecule has 0 radical (unpaired) electrons. The fourth-order valence-corrected chi connectivity index (χ4v) is 6.34. The maximum absolute atomic E-state index is 14.0. The fraction of sp³-hybridized carbons (Fsp3) is 0.122. The minimum atomic E-state index is -1.67. The highest BCUT2D eigenvalue weighted by Crippen LogP contribution is 2.37. The van der Waals surface area contributed by atoms with E-state index in [2.05, 4.69) is 25.9 Å². The highest BCUT2D eigenvalue weighted by molar-refractivity contribution is 5.99. The van der Waals surface area contributed by atoms with Gasteiger partial charge in [-0.1, -0.05) is 109 Å². The summed E-state index contributed by atoms with van der Waals surface area (Å²) in [6, 6.07) is 35.1. The van der Waals surface area contributed by atoms with Gasteiger partial charge in [-0.3, -0.25) is 24.2 Å². The van der Waals surface area contributed by atoms with Gasteiger partial charge in [-0.05, 0) is 40.5 Å². The molecule has 4 amide bonds. The predicted octanol–water partition coefficient (Wildman–Crippen LogP) is 4.07. The molecule has 0 unspecified atom stereocenters. The number of nitrogens with two attached hydrogens (primary N) is 1. The van der Waals surface area contributed by atoms with Crippen molar-refractivity contribution in [2.24, 2.45) is 5.73 Å². The summed E-state index contributed by atoms with van der Waals surface area (Å²) in [7, 11) is 0. The average Bonchev–Trinajstić information content (AvgIpc) is 3.60. The maximum atomic E-state index is 14.0. The Morgan fingerprint density at radius 1 is 0.717 bits per heavy atom. The highest BCUT2D eigenvalue weighted by Gasteiger charge is 2.39. The maximum Gasteiger partial charge on any atom is 0.326 e. The monoisotopic (exact) mass is 708 g/mol. The zero-order valence-corrected chi connectivity index (χ0v) is 28.4. The number of aliphatic carboxylic acids is 1. The van der Waals surface area contributed by atoms with Crippen molar-refractivity contribution in [2.45, 2.75) is 30.5 Å². The summed E-state index contributed by atoms with van der Waals surface area (Å²) >= 11 is 0. The third kappa shape index (κ3) is 7.97. The number of fused-ring (bicyclic) bond motifs is 1. The van der Waals surface area contributed by atoms with Gasteiger partial charge in [-0.25, -0.2) is 4.79 Å². The van der Waals surface area contributed by atoms with Crippen molar-refractivity contribution in [1.82, 2.24) is 25.9 Å². The average molecular weight is 709 g/mol. The van der Waals surface area contributed by atoms with Crippen LogP contribution >= 0.6 is 0 Å². The molecule has 2 aromatic heterocycles. The Labute approximate surface area is 304 Å². The van der Waals surface area contributed by atoms with E-state index in [-0.39, 0.29) is 17.7 Å². The third-order valence-electron chi connectivity index (χ3n) is 8.95. The van der Waals surface area contributed by atoms with Crippen molar-refractivity contribution in [3.8, 4) is 0 Å². The van der Waals surface area contributed by atoms with Gasteiger partial charge in [0.1, 0.15) is 23.3 Å². The zero-order chi connectivity index (χ0) is 37.4. The van der Waals surface area contributed by atoms with Gasteiger partial charge >= 0.3 is 5.97 Å². The molecule has 0 spiro atoms. The first-order valence-electron chi connectivity index (χ1n) is 16.8. The summed E-state index contributed by atoms with van der Waals surface area (Å²) in [6.45, 7) is 0. The lowest BCUT2D eigenvalue weighted by Gasteiger charge is -2.37. The Morgan fingerprint density at radius 2 is 1.28 bits per heavy atom. The molecule has 2 atom stereocenters. The van der Waals surface area contributed by atoms with E-state index < -0.39 is 53.6 Å². The number of carboxylic acid groups (broad SMARTS) is 1. The molecule has 266 valence electrons. The number of carbonyl (C=O) groups is 5. The Morgan fingerprint density at radius 3 is 1.81 bits per heavy atom. The second kappa shape index (κ2) is 15.9. The predicted molar refractivity (Wildman–Crippen MR) is 198 cm³/mol. The summed E-state index contributed by atoms with van der Waals surface area (Å²) in [4.78, 5) is 72.5. The van der Waals surface area contributed by atoms with Crippen LogP contribution in [0.2, 0.25) is 0 Å². The Hall–Kier alpha value is -7.08. The fourth-order valence-electron chi connectivity index (χ4n) is 6.34. The summed E-state index contributed by atoms with van der Waals surface area (Å²) < 4.78 is 0. The second-order valence-electron chi connectivity index (χ2n) is 12.4. The molecule has 4 aromatic carbocycles. The van der Waals surface area contributed by atoms with Gasteiger partial charge in [0.25, 0.3) is 11.8 Å². The van der Waals surface area contributed by atoms with Crippen molar-refractivity contribution < 1.29 is 29.1 Å². The van der Waals surface area contributed by atoms with Gasteiger partial charge in [0.15, 0.2) is 0 Å². The van der Waals surface area contributed by atoms with Crippen LogP contribution in [0.15, 0.2) is 140 Å². The number of hydrogen-bond donors (Lipinski definition) is 6. The number of hydrogen-bond acceptors (Lipinski definition) is 6. The van der Waals surface area contributed by atoms with Gasteiger partial charge in [0.05, 0.1) is 12.0 Å². The SMILES string of the molecule is NC(=O)c1ccc(C(=O)N[C@@H](Cc2c[nH]c3ccccc23)C(=O)N[C@@H](CC(=O)NC(c2ccccc2)(c2ccccc2)c2ccccc2)C(=O)O)cn1. The first kappa shape index (κ1) is 35.7. The van der Waals surface area contributed by atoms with Crippen LogP contribution in [0.25, 0.3) is 10.9 Å². The molecule has 0 aliphatic carbocycles. The van der Waals surface area contributed by atoms with Crippen LogP contribution in [0.3, 0.4) is 0 Å². The lowest BCUT2D eigenvalue weighted by atomic mass is 9.77. The number of carboxylic acids is 1. The Bertz CT molecular complexity index is 2140. The standard InChI is InChI=1S/C41H36N6O6/c42-37(49)33-21-20-26(24-44-33)38(50)45-34(22-27-25-43-32-19-11-10-18-31(27)32)39(51)46-35(40(52)53)23-36(48)47-41(28-12-4-1-5-13-28,29-14-6-2-7-15-29)30-16-8-3-9-17-30/h1-21,24-25,34-35,43H,22-23H2,(H2,42,49)(H,45,50)(H,46,51)(H,47,48)(H,52,53)/t34-,35-/m0/s1. The van der Waals surface area contributed by atoms with Crippen LogP contribution in [0, 0.1) is 0 Å². The van der Waals surface area contributed by atoms with Crippen molar-refractivity contribution in [3.63, 3.8) is 0 Å². The molecule has 0 aliphatic heterocycles. The highest BCUT2D eigenvalue weighted by atomic mass is 16.4. The van der Waals surface area contributed by atoms with E-state index in [4.69, 9.17) is 5.73 Å². The minimum Gasteiger partial charge on any atom is -0.480 e. The van der Waals surface area contributed by atoms with Gasteiger partial charge in [-0.2, -0.15) is 0 Å². The Kier molecular flexibility index (Phi) is 10.7. The molecule has 53 heavy (non-hydrogen) atoms. The molecule has 7 N–H and O–H groups in total. The molecule has 0 saturated heterocycles. The van der Waals surface area contributed by atoms with Crippen LogP contribution in [-0.4, -0.2) is 56.8 Å². The molecule has 6 rings (SSSR count). The minimum absolute atomic E-state index is 0.0218. The lowest BCUT2D eigenvalue weighted by molar-refractivity contribution is -0.144. The number of para-hydroxylation sites is 1. The molecule has 12 heteroatoms. The number of benzene rings is 4. The number of amides is 4. The van der Waals surface area contributed by atoms with E-state index in [9.17, 15) is 29.1 Å². The summed E-state index contributed by atoms with van der Waals surface area (Å²) in [5.41, 5.74) is 7.76. The molecule has 12 nitrogen and oxygen atoms in total. The van der Waals surface area contributed by atoms with Gasteiger partial charge in [0.2, 0.25) is 11.8 Å². The quantitative estimate of drug-likeness (QED) is 0.0918. The number of aromatic amines is 1. The largest absolute Gasteiger partial charge is 0.480 e. The summed E-state index contributed by atoms with van der Waals surface area (Å²) in [6.07, 6.45) is 2.21. The van der Waals surface area contributed by atoms with E-state index in [0.29, 0.717) is 5.56 Å². The van der Waals surface area contributed by atoms with E-state index in [1.54, 1.807) is 6.20 Å². The number of nitrogens with zero attached hydrogens (tertiary/aromatic N) is 1. The normalized spacial score (nSPS) is 12.3. The van der Waals surface area contributed by atoms with Crippen LogP contribution in [0.1, 0.15) is 49.5 Å². The van der Waals surface area contributed by atoms with Crippen molar-refractivity contribution in [2.75, 3.05) is 0 Å². The second-order valence-corrected chi connectivity index (χ2v) is 12.4. The Balaban J connectivity index is 1.28. The van der Waals surface area contributed by atoms with E-state index in [1.807, 2.05) is 115 Å². The van der Waals surface area contributed by atoms with Gasteiger partial charge < -0.3 is 31.8 Å². The van der Waals surface area contributed by atoms with Crippen LogP contribution in [-0.2, 0) is 26.3 Å². The number of pyridine rings is 1.